The molecule has 1 aliphatic heterocycles. The Morgan fingerprint density at radius 2 is 1.89 bits per heavy atom. The van der Waals surface area contributed by atoms with Gasteiger partial charge in [-0.1, -0.05) is 0 Å². The van der Waals surface area contributed by atoms with Gasteiger partial charge in [-0.2, -0.15) is 0 Å². The van der Waals surface area contributed by atoms with Crippen molar-refractivity contribution in [1.29, 1.82) is 0 Å². The second-order valence-corrected chi connectivity index (χ2v) is 5.71. The number of carboxylic acid groups (broad SMARTS) is 1. The van der Waals surface area contributed by atoms with Crippen molar-refractivity contribution in [2.75, 3.05) is 11.4 Å². The van der Waals surface area contributed by atoms with Gasteiger partial charge in [0.2, 0.25) is 5.91 Å². The first-order chi connectivity index (χ1) is 8.40. The molecule has 0 aromatic heterocycles. The van der Waals surface area contributed by atoms with Crippen LogP contribution in [0.1, 0.15) is 6.42 Å². The van der Waals surface area contributed by atoms with E-state index in [-0.39, 0.29) is 24.6 Å². The monoisotopic (exact) mass is 377 g/mol. The van der Waals surface area contributed by atoms with E-state index in [1.54, 1.807) is 12.1 Å². The molecular formula is C11H9Br2NO4. The SMILES string of the molecule is O=C(O)C1CC(=O)N(c2cc(Br)c(O)c(Br)c2)C1. The average Bonchev–Trinajstić information content (AvgIpc) is 2.68. The topological polar surface area (TPSA) is 77.8 Å². The number of aliphatic carboxylic acids is 1. The van der Waals surface area contributed by atoms with Gasteiger partial charge in [0, 0.05) is 18.7 Å². The number of carboxylic acids is 1. The highest BCUT2D eigenvalue weighted by atomic mass is 79.9. The van der Waals surface area contributed by atoms with Gasteiger partial charge >= 0.3 is 5.97 Å². The number of phenolic OH excluding ortho intramolecular Hbond substituents is 1. The van der Waals surface area contributed by atoms with E-state index in [4.69, 9.17) is 5.11 Å². The maximum absolute atomic E-state index is 11.8. The smallest absolute Gasteiger partial charge is 0.308 e. The van der Waals surface area contributed by atoms with Crippen LogP contribution in [0, 0.1) is 5.92 Å². The molecule has 0 spiro atoms. The van der Waals surface area contributed by atoms with Gasteiger partial charge in [-0.05, 0) is 44.0 Å². The number of aromatic hydroxyl groups is 1. The van der Waals surface area contributed by atoms with Gasteiger partial charge in [0.15, 0.2) is 0 Å². The lowest BCUT2D eigenvalue weighted by atomic mass is 10.1. The fourth-order valence-corrected chi connectivity index (χ4v) is 2.99. The quantitative estimate of drug-likeness (QED) is 0.828. The highest BCUT2D eigenvalue weighted by Crippen LogP contribution is 2.38. The number of rotatable bonds is 2. The Balaban J connectivity index is 2.33. The van der Waals surface area contributed by atoms with E-state index in [0.29, 0.717) is 14.6 Å². The van der Waals surface area contributed by atoms with Crippen LogP contribution in [0.5, 0.6) is 5.75 Å². The zero-order valence-electron chi connectivity index (χ0n) is 9.06. The number of anilines is 1. The van der Waals surface area contributed by atoms with Gasteiger partial charge in [0.25, 0.3) is 0 Å². The number of nitrogens with zero attached hydrogens (tertiary/aromatic N) is 1. The Morgan fingerprint density at radius 3 is 2.33 bits per heavy atom. The van der Waals surface area contributed by atoms with E-state index in [2.05, 4.69) is 31.9 Å². The Morgan fingerprint density at radius 1 is 1.33 bits per heavy atom. The zero-order valence-corrected chi connectivity index (χ0v) is 12.2. The molecule has 1 heterocycles. The summed E-state index contributed by atoms with van der Waals surface area (Å²) in [7, 11) is 0. The summed E-state index contributed by atoms with van der Waals surface area (Å²) in [6.07, 6.45) is 0.00540. The Hall–Kier alpha value is -1.08. The lowest BCUT2D eigenvalue weighted by molar-refractivity contribution is -0.141. The third-order valence-electron chi connectivity index (χ3n) is 2.79. The van der Waals surface area contributed by atoms with Gasteiger partial charge in [-0.3, -0.25) is 9.59 Å². The van der Waals surface area contributed by atoms with Gasteiger partial charge < -0.3 is 15.1 Å². The predicted octanol–water partition coefficient (Wildman–Crippen LogP) is 2.35. The third-order valence-corrected chi connectivity index (χ3v) is 4.00. The molecule has 0 bridgehead atoms. The maximum atomic E-state index is 11.8. The summed E-state index contributed by atoms with van der Waals surface area (Å²) in [6.45, 7) is 0.151. The van der Waals surface area contributed by atoms with E-state index in [9.17, 15) is 14.7 Å². The van der Waals surface area contributed by atoms with Crippen LogP contribution >= 0.6 is 31.9 Å². The summed E-state index contributed by atoms with van der Waals surface area (Å²) in [5.41, 5.74) is 0.556. The summed E-state index contributed by atoms with van der Waals surface area (Å²) >= 11 is 6.35. The van der Waals surface area contributed by atoms with Crippen molar-refractivity contribution in [3.63, 3.8) is 0 Å². The minimum atomic E-state index is -0.970. The summed E-state index contributed by atoms with van der Waals surface area (Å²) < 4.78 is 0.886. The molecule has 1 aromatic carbocycles. The normalized spacial score (nSPS) is 19.3. The summed E-state index contributed by atoms with van der Waals surface area (Å²) in [6, 6.07) is 3.17. The number of halogens is 2. The lowest BCUT2D eigenvalue weighted by Gasteiger charge is -2.17. The van der Waals surface area contributed by atoms with Gasteiger partial charge in [0.05, 0.1) is 14.9 Å². The van der Waals surface area contributed by atoms with E-state index < -0.39 is 11.9 Å². The van der Waals surface area contributed by atoms with E-state index >= 15 is 0 Å². The molecule has 1 amide bonds. The zero-order chi connectivity index (χ0) is 13.4. The number of phenols is 1. The van der Waals surface area contributed by atoms with Crippen LogP contribution in [0.25, 0.3) is 0 Å². The number of hydrogen-bond acceptors (Lipinski definition) is 3. The molecule has 1 aromatic rings. The van der Waals surface area contributed by atoms with Crippen LogP contribution in [-0.2, 0) is 9.59 Å². The molecule has 1 fully saturated rings. The molecule has 7 heteroatoms. The maximum Gasteiger partial charge on any atom is 0.308 e. The molecule has 0 radical (unpaired) electrons. The van der Waals surface area contributed by atoms with Crippen molar-refractivity contribution in [3.8, 4) is 5.75 Å². The van der Waals surface area contributed by atoms with Crippen molar-refractivity contribution in [1.82, 2.24) is 0 Å². The van der Waals surface area contributed by atoms with Gasteiger partial charge in [-0.25, -0.2) is 0 Å². The van der Waals surface area contributed by atoms with Crippen molar-refractivity contribution in [2.24, 2.45) is 5.92 Å². The van der Waals surface area contributed by atoms with Crippen LogP contribution < -0.4 is 4.90 Å². The number of amides is 1. The standard InChI is InChI=1S/C11H9Br2NO4/c12-7-2-6(3-8(13)10(7)16)14-4-5(11(17)18)1-9(14)15/h2-3,5,16H,1,4H2,(H,17,18). The van der Waals surface area contributed by atoms with E-state index in [1.807, 2.05) is 0 Å². The van der Waals surface area contributed by atoms with E-state index in [0.717, 1.165) is 0 Å². The Bertz CT molecular complexity index is 509. The molecule has 2 N–H and O–H groups in total. The number of carbonyl (C=O) groups excluding carboxylic acids is 1. The minimum Gasteiger partial charge on any atom is -0.506 e. The molecule has 1 atom stereocenters. The minimum absolute atomic E-state index is 0.00540. The van der Waals surface area contributed by atoms with E-state index in [1.165, 1.54) is 4.90 Å². The van der Waals surface area contributed by atoms with Crippen molar-refractivity contribution in [3.05, 3.63) is 21.1 Å². The van der Waals surface area contributed by atoms with Gasteiger partial charge in [-0.15, -0.1) is 0 Å². The van der Waals surface area contributed by atoms with Crippen molar-refractivity contribution in [2.45, 2.75) is 6.42 Å². The molecule has 1 aliphatic rings. The predicted molar refractivity (Wildman–Crippen MR) is 71.6 cm³/mol. The molecule has 0 saturated carbocycles. The molecule has 0 aliphatic carbocycles. The van der Waals surface area contributed by atoms with Crippen LogP contribution in [0.3, 0.4) is 0 Å². The molecule has 5 nitrogen and oxygen atoms in total. The molecule has 18 heavy (non-hydrogen) atoms. The van der Waals surface area contributed by atoms with Crippen LogP contribution in [0.4, 0.5) is 5.69 Å². The third kappa shape index (κ3) is 2.37. The first-order valence-corrected chi connectivity index (χ1v) is 6.70. The summed E-state index contributed by atoms with van der Waals surface area (Å²) in [5, 5.41) is 18.5. The van der Waals surface area contributed by atoms with Gasteiger partial charge in [0.1, 0.15) is 5.75 Å². The Labute approximate surface area is 120 Å². The summed E-state index contributed by atoms with van der Waals surface area (Å²) in [4.78, 5) is 24.1. The molecule has 2 rings (SSSR count). The second kappa shape index (κ2) is 4.89. The Kier molecular flexibility index (Phi) is 3.63. The molecule has 1 unspecified atom stereocenters. The van der Waals surface area contributed by atoms with Crippen LogP contribution in [0.15, 0.2) is 21.1 Å². The molecule has 1 saturated heterocycles. The first kappa shape index (κ1) is 13.4. The number of carbonyl (C=O) groups is 2. The van der Waals surface area contributed by atoms with Crippen LogP contribution in [-0.4, -0.2) is 28.6 Å². The largest absolute Gasteiger partial charge is 0.506 e. The summed E-state index contributed by atoms with van der Waals surface area (Å²) in [5.74, 6) is -1.83. The second-order valence-electron chi connectivity index (χ2n) is 4.00. The number of hydrogen-bond donors (Lipinski definition) is 2. The van der Waals surface area contributed by atoms with Crippen molar-refractivity contribution >= 4 is 49.4 Å². The van der Waals surface area contributed by atoms with Crippen molar-refractivity contribution < 1.29 is 19.8 Å². The number of benzene rings is 1. The first-order valence-electron chi connectivity index (χ1n) is 5.11. The lowest BCUT2D eigenvalue weighted by Crippen LogP contribution is -2.25. The highest BCUT2D eigenvalue weighted by molar-refractivity contribution is 9.11. The fraction of sp³-hybridized carbons (Fsp3) is 0.273. The highest BCUT2D eigenvalue weighted by Gasteiger charge is 2.35. The molecule has 96 valence electrons. The average molecular weight is 379 g/mol. The van der Waals surface area contributed by atoms with Crippen LogP contribution in [0.2, 0.25) is 0 Å². The molecular weight excluding hydrogens is 370 g/mol. The fourth-order valence-electron chi connectivity index (χ4n) is 1.83.